The fourth-order valence-electron chi connectivity index (χ4n) is 2.83. The SMILES string of the molecule is Cc1cc(C)n(-c2ccc(C(=O)Nc3ccc(S(=O)(=O)NCC(F)(F)F)cc3)cc2)n1. The van der Waals surface area contributed by atoms with Crippen molar-refractivity contribution >= 4 is 21.6 Å². The summed E-state index contributed by atoms with van der Waals surface area (Å²) in [7, 11) is -4.31. The largest absolute Gasteiger partial charge is 0.402 e. The molecule has 0 atom stereocenters. The highest BCUT2D eigenvalue weighted by molar-refractivity contribution is 7.89. The van der Waals surface area contributed by atoms with Crippen LogP contribution in [0.25, 0.3) is 5.69 Å². The summed E-state index contributed by atoms with van der Waals surface area (Å²) in [5.41, 5.74) is 3.28. The van der Waals surface area contributed by atoms with Crippen molar-refractivity contribution in [2.24, 2.45) is 0 Å². The summed E-state index contributed by atoms with van der Waals surface area (Å²) in [6.07, 6.45) is -4.66. The molecule has 3 rings (SSSR count). The molecule has 0 saturated heterocycles. The van der Waals surface area contributed by atoms with Crippen molar-refractivity contribution in [3.8, 4) is 5.69 Å². The number of amides is 1. The van der Waals surface area contributed by atoms with Crippen LogP contribution in [0.4, 0.5) is 18.9 Å². The Labute approximate surface area is 176 Å². The van der Waals surface area contributed by atoms with E-state index in [2.05, 4.69) is 10.4 Å². The van der Waals surface area contributed by atoms with Crippen molar-refractivity contribution in [2.75, 3.05) is 11.9 Å². The lowest BCUT2D eigenvalue weighted by molar-refractivity contribution is -0.121. The van der Waals surface area contributed by atoms with Crippen molar-refractivity contribution in [1.29, 1.82) is 0 Å². The first-order chi connectivity index (χ1) is 14.4. The molecule has 0 aliphatic rings. The van der Waals surface area contributed by atoms with Crippen LogP contribution in [0.2, 0.25) is 0 Å². The lowest BCUT2D eigenvalue weighted by Crippen LogP contribution is -2.33. The van der Waals surface area contributed by atoms with Gasteiger partial charge in [0.05, 0.1) is 16.3 Å². The zero-order valence-corrected chi connectivity index (χ0v) is 17.4. The molecule has 31 heavy (non-hydrogen) atoms. The summed E-state index contributed by atoms with van der Waals surface area (Å²) in [4.78, 5) is 12.1. The second kappa shape index (κ2) is 8.52. The summed E-state index contributed by atoms with van der Waals surface area (Å²) in [5.74, 6) is -0.425. The molecule has 0 aliphatic carbocycles. The van der Waals surface area contributed by atoms with Crippen LogP contribution in [0.3, 0.4) is 0 Å². The van der Waals surface area contributed by atoms with Gasteiger partial charge in [0.2, 0.25) is 10.0 Å². The molecule has 0 fully saturated rings. The van der Waals surface area contributed by atoms with Crippen LogP contribution in [0.1, 0.15) is 21.7 Å². The number of halogens is 3. The maximum atomic E-state index is 12.4. The number of nitrogens with one attached hydrogen (secondary N) is 2. The first-order valence-corrected chi connectivity index (χ1v) is 10.5. The molecule has 2 aromatic carbocycles. The third-order valence-corrected chi connectivity index (χ3v) is 5.69. The first-order valence-electron chi connectivity index (χ1n) is 9.06. The molecule has 164 valence electrons. The number of alkyl halides is 3. The number of aryl methyl sites for hydroxylation is 2. The molecule has 3 aromatic rings. The van der Waals surface area contributed by atoms with E-state index in [-0.39, 0.29) is 4.90 Å². The highest BCUT2D eigenvalue weighted by Crippen LogP contribution is 2.18. The van der Waals surface area contributed by atoms with E-state index in [1.165, 1.54) is 16.9 Å². The van der Waals surface area contributed by atoms with Gasteiger partial charge in [0.15, 0.2) is 0 Å². The number of sulfonamides is 1. The monoisotopic (exact) mass is 452 g/mol. The molecule has 0 aliphatic heterocycles. The molecular formula is C20H19F3N4O3S. The molecule has 0 unspecified atom stereocenters. The molecule has 2 N–H and O–H groups in total. The second-order valence-electron chi connectivity index (χ2n) is 6.80. The van der Waals surface area contributed by atoms with Crippen molar-refractivity contribution in [2.45, 2.75) is 24.9 Å². The lowest BCUT2D eigenvalue weighted by Gasteiger charge is -2.10. The predicted molar refractivity (Wildman–Crippen MR) is 109 cm³/mol. The average molecular weight is 452 g/mol. The third kappa shape index (κ3) is 5.70. The van der Waals surface area contributed by atoms with Crippen LogP contribution in [0.5, 0.6) is 0 Å². The normalized spacial score (nSPS) is 12.0. The number of hydrogen-bond acceptors (Lipinski definition) is 4. The van der Waals surface area contributed by atoms with Crippen LogP contribution in [0, 0.1) is 13.8 Å². The Kier molecular flexibility index (Phi) is 6.18. The quantitative estimate of drug-likeness (QED) is 0.598. The standard InChI is InChI=1S/C20H19F3N4O3S/c1-13-11-14(2)27(26-13)17-7-3-15(4-8-17)19(28)25-16-5-9-18(10-6-16)31(29,30)24-12-20(21,22)23/h3-11,24H,12H2,1-2H3,(H,25,28). The molecule has 0 radical (unpaired) electrons. The van der Waals surface area contributed by atoms with Crippen LogP contribution in [0.15, 0.2) is 59.5 Å². The summed E-state index contributed by atoms with van der Waals surface area (Å²) in [5, 5.41) is 6.99. The summed E-state index contributed by atoms with van der Waals surface area (Å²) < 4.78 is 63.7. The maximum absolute atomic E-state index is 12.4. The minimum Gasteiger partial charge on any atom is -0.322 e. The number of carbonyl (C=O) groups is 1. The number of carbonyl (C=O) groups excluding carboxylic acids is 1. The molecule has 1 amide bonds. The molecule has 1 heterocycles. The van der Waals surface area contributed by atoms with E-state index in [1.807, 2.05) is 19.9 Å². The fourth-order valence-corrected chi connectivity index (χ4v) is 3.84. The van der Waals surface area contributed by atoms with Gasteiger partial charge in [-0.3, -0.25) is 4.79 Å². The topological polar surface area (TPSA) is 93.1 Å². The minimum absolute atomic E-state index is 0.294. The van der Waals surface area contributed by atoms with E-state index in [1.54, 1.807) is 28.9 Å². The molecule has 0 spiro atoms. The lowest BCUT2D eigenvalue weighted by atomic mass is 10.2. The Morgan fingerprint density at radius 2 is 1.65 bits per heavy atom. The fraction of sp³-hybridized carbons (Fsp3) is 0.200. The van der Waals surface area contributed by atoms with Crippen LogP contribution < -0.4 is 10.0 Å². The summed E-state index contributed by atoms with van der Waals surface area (Å²) in [6.45, 7) is 2.14. The number of nitrogens with zero attached hydrogens (tertiary/aromatic N) is 2. The van der Waals surface area contributed by atoms with Gasteiger partial charge in [0, 0.05) is 16.9 Å². The van der Waals surface area contributed by atoms with Gasteiger partial charge in [-0.15, -0.1) is 0 Å². The third-order valence-electron chi connectivity index (χ3n) is 4.27. The van der Waals surface area contributed by atoms with Crippen LogP contribution in [-0.2, 0) is 10.0 Å². The number of hydrogen-bond donors (Lipinski definition) is 2. The van der Waals surface area contributed by atoms with E-state index in [9.17, 15) is 26.4 Å². The van der Waals surface area contributed by atoms with Crippen molar-refractivity contribution in [3.63, 3.8) is 0 Å². The number of aromatic nitrogens is 2. The zero-order chi connectivity index (χ0) is 22.8. The molecular weight excluding hydrogens is 433 g/mol. The molecule has 1 aromatic heterocycles. The van der Waals surface area contributed by atoms with E-state index < -0.39 is 28.7 Å². The van der Waals surface area contributed by atoms with Gasteiger partial charge < -0.3 is 5.32 Å². The highest BCUT2D eigenvalue weighted by Gasteiger charge is 2.30. The van der Waals surface area contributed by atoms with Gasteiger partial charge in [-0.25, -0.2) is 17.8 Å². The summed E-state index contributed by atoms with van der Waals surface area (Å²) in [6, 6.07) is 13.5. The predicted octanol–water partition coefficient (Wildman–Crippen LogP) is 3.58. The maximum Gasteiger partial charge on any atom is 0.402 e. The summed E-state index contributed by atoms with van der Waals surface area (Å²) >= 11 is 0. The number of benzene rings is 2. The number of rotatable bonds is 6. The van der Waals surface area contributed by atoms with Gasteiger partial charge >= 0.3 is 6.18 Å². The van der Waals surface area contributed by atoms with Crippen molar-refractivity contribution in [1.82, 2.24) is 14.5 Å². The number of anilines is 1. The molecule has 7 nitrogen and oxygen atoms in total. The smallest absolute Gasteiger partial charge is 0.322 e. The minimum atomic E-state index is -4.66. The Bertz CT molecular complexity index is 1190. The average Bonchev–Trinajstić information content (AvgIpc) is 3.04. The van der Waals surface area contributed by atoms with Crippen LogP contribution >= 0.6 is 0 Å². The van der Waals surface area contributed by atoms with Crippen LogP contribution in [-0.4, -0.2) is 36.8 Å². The molecule has 11 heteroatoms. The van der Waals surface area contributed by atoms with Gasteiger partial charge in [-0.1, -0.05) is 0 Å². The van der Waals surface area contributed by atoms with Gasteiger partial charge in [-0.2, -0.15) is 18.3 Å². The van der Waals surface area contributed by atoms with E-state index in [0.717, 1.165) is 29.2 Å². The molecule has 0 bridgehead atoms. The van der Waals surface area contributed by atoms with Crippen molar-refractivity contribution in [3.05, 3.63) is 71.5 Å². The Hall–Kier alpha value is -3.18. The van der Waals surface area contributed by atoms with Crippen molar-refractivity contribution < 1.29 is 26.4 Å². The second-order valence-corrected chi connectivity index (χ2v) is 8.57. The Morgan fingerprint density at radius 1 is 1.03 bits per heavy atom. The van der Waals surface area contributed by atoms with E-state index in [4.69, 9.17) is 0 Å². The Balaban J connectivity index is 1.67. The van der Waals surface area contributed by atoms with Gasteiger partial charge in [0.1, 0.15) is 6.54 Å². The van der Waals surface area contributed by atoms with Gasteiger partial charge in [0.25, 0.3) is 5.91 Å². The van der Waals surface area contributed by atoms with E-state index >= 15 is 0 Å². The van der Waals surface area contributed by atoms with Gasteiger partial charge in [-0.05, 0) is 68.4 Å². The molecule has 0 saturated carbocycles. The first kappa shape index (κ1) is 22.5. The van der Waals surface area contributed by atoms with E-state index in [0.29, 0.717) is 11.3 Å². The Morgan fingerprint density at radius 3 is 2.16 bits per heavy atom. The highest BCUT2D eigenvalue weighted by atomic mass is 32.2. The zero-order valence-electron chi connectivity index (χ0n) is 16.6.